The van der Waals surface area contributed by atoms with E-state index in [1.165, 1.54) is 11.1 Å². The number of nitrogens with two attached hydrogens (primary N) is 1. The summed E-state index contributed by atoms with van der Waals surface area (Å²) in [6, 6.07) is 3.83. The molecule has 3 rings (SSSR count). The molecule has 1 unspecified atom stereocenters. The first-order valence-electron chi connectivity index (χ1n) is 8.33. The number of aromatic nitrogens is 3. The Morgan fingerprint density at radius 2 is 2.16 bits per heavy atom. The highest BCUT2D eigenvalue weighted by Crippen LogP contribution is 2.33. The minimum Gasteiger partial charge on any atom is -0.373 e. The summed E-state index contributed by atoms with van der Waals surface area (Å²) in [5.41, 5.74) is 8.56. The first-order chi connectivity index (χ1) is 11.9. The van der Waals surface area contributed by atoms with Gasteiger partial charge in [0.25, 0.3) is 5.91 Å². The number of nitrogens with one attached hydrogen (secondary N) is 1. The first-order valence-corrected chi connectivity index (χ1v) is 9.15. The summed E-state index contributed by atoms with van der Waals surface area (Å²) in [5, 5.41) is 8.81. The maximum atomic E-state index is 11.9. The second kappa shape index (κ2) is 6.84. The van der Waals surface area contributed by atoms with Crippen LogP contribution >= 0.6 is 11.3 Å². The standard InChI is InChI=1S/C18H23N5OS/c1-10(2)8-14(18-21-11(3)12(4)25-18)22-16-13(17(19)24)9-20-23-7-5-6-15(16)23/h5-7,9-10,14,22H,8H2,1-4H3,(H2,19,24). The van der Waals surface area contributed by atoms with Gasteiger partial charge >= 0.3 is 0 Å². The second-order valence-corrected chi connectivity index (χ2v) is 7.89. The molecule has 7 heteroatoms. The van der Waals surface area contributed by atoms with Gasteiger partial charge in [-0.05, 0) is 38.3 Å². The summed E-state index contributed by atoms with van der Waals surface area (Å²) >= 11 is 1.69. The molecule has 3 aromatic heterocycles. The largest absolute Gasteiger partial charge is 0.373 e. The van der Waals surface area contributed by atoms with Crippen LogP contribution < -0.4 is 11.1 Å². The lowest BCUT2D eigenvalue weighted by Gasteiger charge is -2.21. The molecule has 1 amide bonds. The molecule has 0 fully saturated rings. The number of nitrogens with zero attached hydrogens (tertiary/aromatic N) is 3. The number of primary amides is 1. The van der Waals surface area contributed by atoms with Crippen LogP contribution in [0.2, 0.25) is 0 Å². The molecule has 0 bridgehead atoms. The quantitative estimate of drug-likeness (QED) is 0.704. The Morgan fingerprint density at radius 1 is 1.40 bits per heavy atom. The third kappa shape index (κ3) is 3.51. The lowest BCUT2D eigenvalue weighted by Crippen LogP contribution is -2.20. The van der Waals surface area contributed by atoms with Crippen molar-refractivity contribution in [2.24, 2.45) is 11.7 Å². The normalized spacial score (nSPS) is 12.7. The average molecular weight is 357 g/mol. The molecule has 0 saturated heterocycles. The van der Waals surface area contributed by atoms with E-state index in [2.05, 4.69) is 31.2 Å². The van der Waals surface area contributed by atoms with Gasteiger partial charge in [0.2, 0.25) is 0 Å². The zero-order valence-corrected chi connectivity index (χ0v) is 15.7. The number of rotatable bonds is 6. The Kier molecular flexibility index (Phi) is 4.76. The summed E-state index contributed by atoms with van der Waals surface area (Å²) in [6.07, 6.45) is 4.27. The molecule has 3 N–H and O–H groups in total. The Bertz CT molecular complexity index is 892. The van der Waals surface area contributed by atoms with Crippen LogP contribution in [0.3, 0.4) is 0 Å². The average Bonchev–Trinajstić information content (AvgIpc) is 3.13. The molecule has 3 aromatic rings. The summed E-state index contributed by atoms with van der Waals surface area (Å²) in [6.45, 7) is 8.45. The summed E-state index contributed by atoms with van der Waals surface area (Å²) in [7, 11) is 0. The number of carbonyl (C=O) groups excluding carboxylic acids is 1. The predicted octanol–water partition coefficient (Wildman–Crippen LogP) is 3.71. The van der Waals surface area contributed by atoms with E-state index in [4.69, 9.17) is 10.7 Å². The van der Waals surface area contributed by atoms with Crippen LogP contribution in [0.5, 0.6) is 0 Å². The number of carbonyl (C=O) groups is 1. The molecule has 0 aliphatic rings. The highest BCUT2D eigenvalue weighted by atomic mass is 32.1. The topological polar surface area (TPSA) is 85.3 Å². The van der Waals surface area contributed by atoms with E-state index in [0.717, 1.165) is 22.6 Å². The third-order valence-electron chi connectivity index (χ3n) is 4.20. The van der Waals surface area contributed by atoms with Gasteiger partial charge in [0.15, 0.2) is 0 Å². The zero-order valence-electron chi connectivity index (χ0n) is 14.9. The van der Waals surface area contributed by atoms with Crippen LogP contribution in [-0.4, -0.2) is 20.5 Å². The van der Waals surface area contributed by atoms with Gasteiger partial charge < -0.3 is 11.1 Å². The number of amides is 1. The van der Waals surface area contributed by atoms with Gasteiger partial charge in [-0.3, -0.25) is 4.79 Å². The van der Waals surface area contributed by atoms with Crippen molar-refractivity contribution in [2.75, 3.05) is 5.32 Å². The Balaban J connectivity index is 2.07. The fourth-order valence-corrected chi connectivity index (χ4v) is 3.83. The number of hydrogen-bond acceptors (Lipinski definition) is 5. The number of anilines is 1. The number of fused-ring (bicyclic) bond motifs is 1. The highest BCUT2D eigenvalue weighted by molar-refractivity contribution is 7.11. The third-order valence-corrected chi connectivity index (χ3v) is 5.39. The van der Waals surface area contributed by atoms with Crippen LogP contribution in [0.15, 0.2) is 24.5 Å². The molecule has 0 radical (unpaired) electrons. The van der Waals surface area contributed by atoms with Crippen molar-refractivity contribution >= 4 is 28.4 Å². The maximum absolute atomic E-state index is 11.9. The molecule has 0 saturated carbocycles. The maximum Gasteiger partial charge on any atom is 0.252 e. The molecule has 132 valence electrons. The Hall–Kier alpha value is -2.41. The van der Waals surface area contributed by atoms with E-state index < -0.39 is 5.91 Å². The highest BCUT2D eigenvalue weighted by Gasteiger charge is 2.22. The van der Waals surface area contributed by atoms with Crippen LogP contribution in [-0.2, 0) is 0 Å². The summed E-state index contributed by atoms with van der Waals surface area (Å²) in [5.74, 6) is -0.0165. The smallest absolute Gasteiger partial charge is 0.252 e. The van der Waals surface area contributed by atoms with Gasteiger partial charge in [-0.1, -0.05) is 13.8 Å². The molecular weight excluding hydrogens is 334 g/mol. The molecule has 1 atom stereocenters. The zero-order chi connectivity index (χ0) is 18.1. The summed E-state index contributed by atoms with van der Waals surface area (Å²) in [4.78, 5) is 17.8. The fraction of sp³-hybridized carbons (Fsp3) is 0.389. The molecule has 0 aromatic carbocycles. The second-order valence-electron chi connectivity index (χ2n) is 6.66. The minimum atomic E-state index is -0.492. The van der Waals surface area contributed by atoms with Crippen LogP contribution in [0.25, 0.3) is 5.52 Å². The molecule has 25 heavy (non-hydrogen) atoms. The van der Waals surface area contributed by atoms with E-state index >= 15 is 0 Å². The van der Waals surface area contributed by atoms with Crippen molar-refractivity contribution < 1.29 is 4.79 Å². The molecule has 3 heterocycles. The van der Waals surface area contributed by atoms with Gasteiger partial charge in [0, 0.05) is 11.1 Å². The molecular formula is C18H23N5OS. The molecule has 6 nitrogen and oxygen atoms in total. The molecule has 0 spiro atoms. The van der Waals surface area contributed by atoms with Crippen LogP contribution in [0.4, 0.5) is 5.69 Å². The van der Waals surface area contributed by atoms with Gasteiger partial charge in [0.05, 0.1) is 34.7 Å². The first kappa shape index (κ1) is 17.4. The fourth-order valence-electron chi connectivity index (χ4n) is 2.85. The monoisotopic (exact) mass is 357 g/mol. The summed E-state index contributed by atoms with van der Waals surface area (Å²) < 4.78 is 1.74. The van der Waals surface area contributed by atoms with E-state index in [1.807, 2.05) is 25.3 Å². The van der Waals surface area contributed by atoms with Crippen molar-refractivity contribution in [3.8, 4) is 0 Å². The van der Waals surface area contributed by atoms with E-state index in [0.29, 0.717) is 17.2 Å². The van der Waals surface area contributed by atoms with Gasteiger partial charge in [-0.15, -0.1) is 11.3 Å². The van der Waals surface area contributed by atoms with Crippen LogP contribution in [0, 0.1) is 19.8 Å². The van der Waals surface area contributed by atoms with E-state index in [-0.39, 0.29) is 6.04 Å². The number of hydrogen-bond donors (Lipinski definition) is 2. The minimum absolute atomic E-state index is 0.0107. The van der Waals surface area contributed by atoms with Crippen molar-refractivity contribution in [2.45, 2.75) is 40.2 Å². The van der Waals surface area contributed by atoms with Gasteiger partial charge in [-0.25, -0.2) is 9.50 Å². The predicted molar refractivity (Wildman–Crippen MR) is 101 cm³/mol. The number of aryl methyl sites for hydroxylation is 2. The SMILES string of the molecule is Cc1nc(C(CC(C)C)Nc2c(C(N)=O)cnn3cccc23)sc1C. The Labute approximate surface area is 151 Å². The lowest BCUT2D eigenvalue weighted by atomic mass is 10.0. The van der Waals surface area contributed by atoms with Crippen molar-refractivity contribution in [1.82, 2.24) is 14.6 Å². The molecule has 0 aliphatic carbocycles. The van der Waals surface area contributed by atoms with Crippen LogP contribution in [0.1, 0.15) is 52.2 Å². The van der Waals surface area contributed by atoms with Gasteiger partial charge in [-0.2, -0.15) is 5.10 Å². The van der Waals surface area contributed by atoms with E-state index in [1.54, 1.807) is 15.9 Å². The van der Waals surface area contributed by atoms with E-state index in [9.17, 15) is 4.79 Å². The molecule has 0 aliphatic heterocycles. The Morgan fingerprint density at radius 3 is 2.76 bits per heavy atom. The van der Waals surface area contributed by atoms with Gasteiger partial charge in [0.1, 0.15) is 5.01 Å². The van der Waals surface area contributed by atoms with Crippen molar-refractivity contribution in [3.63, 3.8) is 0 Å². The van der Waals surface area contributed by atoms with Crippen molar-refractivity contribution in [3.05, 3.63) is 45.7 Å². The lowest BCUT2D eigenvalue weighted by molar-refractivity contribution is 0.100. The number of thiazole rings is 1. The van der Waals surface area contributed by atoms with Crippen molar-refractivity contribution in [1.29, 1.82) is 0 Å².